The molecule has 34 heteroatoms. The highest BCUT2D eigenvalue weighted by Crippen LogP contribution is 2.24. The zero-order chi connectivity index (χ0) is 65.8. The number of nitrogens with two attached hydrogens (primary N) is 9. The van der Waals surface area contributed by atoms with Gasteiger partial charge in [-0.2, -0.15) is 0 Å². The SMILES string of the molecule is NCCCC(N)CC(=O)NCCCC(N)CC(=O)NCCCC(N)CC(=O)NCCCC(N)CC(=O)NCCCC(N)CC(=O)NCCCC(N)CC(=O)NCCCC(N)CC(=O)NC1C(NC2=N[C@@H]3C(=O)NC[C@@H](O)[C@H]3N2)OC(CO)C(OC(N)=O)C1O. The number of aliphatic imine (C=N–C) groups is 1. The number of fused-ring (bicyclic) bond motifs is 1. The molecule has 3 aliphatic rings. The molecule has 2 saturated heterocycles. The van der Waals surface area contributed by atoms with Crippen molar-refractivity contribution in [3.63, 3.8) is 0 Å². The smallest absolute Gasteiger partial charge is 0.404 e. The van der Waals surface area contributed by atoms with Crippen molar-refractivity contribution in [2.45, 2.75) is 226 Å². The summed E-state index contributed by atoms with van der Waals surface area (Å²) in [5, 5.41) is 59.4. The second-order valence-corrected chi connectivity index (χ2v) is 23.4. The lowest BCUT2D eigenvalue weighted by atomic mass is 9.95. The van der Waals surface area contributed by atoms with E-state index in [1.807, 2.05) is 0 Å². The Morgan fingerprint density at radius 1 is 0.551 bits per heavy atom. The number of amides is 9. The lowest BCUT2D eigenvalue weighted by Gasteiger charge is -2.44. The summed E-state index contributed by atoms with van der Waals surface area (Å²) in [7, 11) is 0. The molecule has 0 aromatic heterocycles. The molecule has 0 spiro atoms. The average Bonchev–Trinajstić information content (AvgIpc) is 1.86. The van der Waals surface area contributed by atoms with Crippen LogP contribution in [-0.2, 0) is 47.8 Å². The van der Waals surface area contributed by atoms with Gasteiger partial charge in [0.2, 0.25) is 47.3 Å². The maximum absolute atomic E-state index is 13.2. The number of hydrogen-bond acceptors (Lipinski definition) is 25. The van der Waals surface area contributed by atoms with Gasteiger partial charge in [0.1, 0.15) is 18.2 Å². The van der Waals surface area contributed by atoms with Crippen LogP contribution < -0.4 is 105 Å². The van der Waals surface area contributed by atoms with Crippen LogP contribution in [0.1, 0.15) is 135 Å². The third-order valence-corrected chi connectivity index (χ3v) is 15.2. The van der Waals surface area contributed by atoms with Gasteiger partial charge in [-0.1, -0.05) is 0 Å². The van der Waals surface area contributed by atoms with Crippen LogP contribution >= 0.6 is 0 Å². The second-order valence-electron chi connectivity index (χ2n) is 23.4. The second kappa shape index (κ2) is 42.7. The first-order valence-electron chi connectivity index (χ1n) is 31.2. The summed E-state index contributed by atoms with van der Waals surface area (Å²) >= 11 is 0. The van der Waals surface area contributed by atoms with Gasteiger partial charge in [0.05, 0.1) is 18.8 Å². The molecule has 0 bridgehead atoms. The highest BCUT2D eigenvalue weighted by atomic mass is 16.6. The number of β-amino-alcohol motifs (C(OH)–C–C–N with tert-alkyl or cyclic N) is 1. The van der Waals surface area contributed by atoms with E-state index in [9.17, 15) is 58.5 Å². The van der Waals surface area contributed by atoms with Crippen LogP contribution in [0.15, 0.2) is 4.99 Å². The molecule has 9 amide bonds. The fraction of sp³-hybridized carbons (Fsp3) is 0.818. The number of hydrogen-bond donors (Lipinski definition) is 22. The molecule has 31 N–H and O–H groups in total. The molecule has 3 heterocycles. The fourth-order valence-corrected chi connectivity index (χ4v) is 10.3. The number of aliphatic hydroxyl groups excluding tert-OH is 3. The quantitative estimate of drug-likeness (QED) is 0.0252. The van der Waals surface area contributed by atoms with Gasteiger partial charge in [0, 0.05) is 133 Å². The Morgan fingerprint density at radius 2 is 0.888 bits per heavy atom. The lowest BCUT2D eigenvalue weighted by Crippen LogP contribution is -2.70. The third kappa shape index (κ3) is 32.4. The van der Waals surface area contributed by atoms with Crippen molar-refractivity contribution in [3.8, 4) is 0 Å². The van der Waals surface area contributed by atoms with Crippen LogP contribution in [-0.4, -0.2) is 225 Å². The number of carbonyl (C=O) groups excluding carboxylic acids is 9. The van der Waals surface area contributed by atoms with Crippen molar-refractivity contribution in [1.29, 1.82) is 0 Å². The minimum Gasteiger partial charge on any atom is -0.441 e. The number of rotatable bonds is 45. The number of nitrogens with zero attached hydrogens (tertiary/aromatic N) is 1. The minimum atomic E-state index is -1.66. The zero-order valence-corrected chi connectivity index (χ0v) is 51.3. The van der Waals surface area contributed by atoms with Crippen molar-refractivity contribution >= 4 is 59.3 Å². The standard InChI is InChI=1S/C55H106N20O14/c56-15-1-8-31(57)22-40(78)65-16-2-9-32(58)23-41(79)66-17-3-10-33(59)24-42(80)67-18-4-11-34(60)25-43(81)68-19-5-12-35(61)26-44(82)69-20-6-13-36(62)27-45(83)70-21-7-14-37(63)28-46(84)72-49-50(85)51(89-54(64)87)39(30-76)88-53(49)75-55-73-47-38(77)29-71-52(86)48(47)74-55/h31-39,47-51,53,76-77,85H,1-30,56-63H2,(H2,64,87)(H,65,78)(H,66,79)(H,67,80)(H,68,81)(H,69,82)(H,70,83)(H,71,86)(H,72,84)(H2,73,74,75)/t31?,32?,33?,34?,35?,36?,37?,38-,39?,47-,48+,49?,50?,51?,53?/m1/s1. The number of nitrogens with one attached hydrogen (secondary N) is 10. The monoisotopic (exact) mass is 1270 g/mol. The molecule has 510 valence electrons. The minimum absolute atomic E-state index is 0.00243. The highest BCUT2D eigenvalue weighted by Gasteiger charge is 2.50. The first kappa shape index (κ1) is 77.1. The van der Waals surface area contributed by atoms with E-state index in [4.69, 9.17) is 61.1 Å². The van der Waals surface area contributed by atoms with Crippen molar-refractivity contribution in [3.05, 3.63) is 0 Å². The molecule has 0 aromatic carbocycles. The van der Waals surface area contributed by atoms with Gasteiger partial charge >= 0.3 is 6.09 Å². The summed E-state index contributed by atoms with van der Waals surface area (Å²) in [5.41, 5.74) is 53.6. The normalized spacial score (nSPS) is 22.8. The molecule has 0 radical (unpaired) electrons. The molecule has 34 nitrogen and oxygen atoms in total. The molecule has 0 saturated carbocycles. The number of guanidine groups is 1. The van der Waals surface area contributed by atoms with Crippen LogP contribution in [0.25, 0.3) is 0 Å². The maximum Gasteiger partial charge on any atom is 0.404 e. The van der Waals surface area contributed by atoms with Crippen molar-refractivity contribution in [1.82, 2.24) is 53.2 Å². The molecule has 89 heavy (non-hydrogen) atoms. The van der Waals surface area contributed by atoms with E-state index < -0.39 is 97.5 Å². The van der Waals surface area contributed by atoms with Crippen LogP contribution in [0.2, 0.25) is 0 Å². The maximum atomic E-state index is 13.2. The zero-order valence-electron chi connectivity index (χ0n) is 51.3. The summed E-state index contributed by atoms with van der Waals surface area (Å²) < 4.78 is 10.9. The van der Waals surface area contributed by atoms with E-state index in [0.717, 1.165) is 6.42 Å². The van der Waals surface area contributed by atoms with Crippen LogP contribution in [0.5, 0.6) is 0 Å². The van der Waals surface area contributed by atoms with E-state index in [2.05, 4.69) is 58.2 Å². The fourth-order valence-electron chi connectivity index (χ4n) is 10.3. The summed E-state index contributed by atoms with van der Waals surface area (Å²) in [4.78, 5) is 116. The average molecular weight is 1270 g/mol. The molecule has 3 rings (SSSR count). The van der Waals surface area contributed by atoms with Crippen molar-refractivity contribution < 1.29 is 67.9 Å². The molecule has 3 aliphatic heterocycles. The van der Waals surface area contributed by atoms with Crippen LogP contribution in [0.3, 0.4) is 0 Å². The van der Waals surface area contributed by atoms with E-state index >= 15 is 0 Å². The predicted molar refractivity (Wildman–Crippen MR) is 328 cm³/mol. The number of piperidine rings is 1. The molecular formula is C55H106N20O14. The van der Waals surface area contributed by atoms with Gasteiger partial charge in [-0.15, -0.1) is 0 Å². The summed E-state index contributed by atoms with van der Waals surface area (Å²) in [6.07, 6.45) is 0.207. The topological polar surface area (TPSA) is 600 Å². The largest absolute Gasteiger partial charge is 0.441 e. The lowest BCUT2D eigenvalue weighted by molar-refractivity contribution is -0.198. The summed E-state index contributed by atoms with van der Waals surface area (Å²) in [5.74, 6) is -2.28. The van der Waals surface area contributed by atoms with E-state index in [0.29, 0.717) is 123 Å². The summed E-state index contributed by atoms with van der Waals surface area (Å²) in [6, 6.07) is -6.00. The Kier molecular flexibility index (Phi) is 37.0. The highest BCUT2D eigenvalue weighted by molar-refractivity contribution is 5.93. The Hall–Kier alpha value is -6.18. The third-order valence-electron chi connectivity index (χ3n) is 15.2. The molecule has 2 fully saturated rings. The molecule has 0 aromatic rings. The molecule has 15 atom stereocenters. The number of carbonyl (C=O) groups is 9. The van der Waals surface area contributed by atoms with Crippen molar-refractivity contribution in [2.75, 3.05) is 59.0 Å². The van der Waals surface area contributed by atoms with Crippen molar-refractivity contribution in [2.24, 2.45) is 56.6 Å². The first-order valence-corrected chi connectivity index (χ1v) is 31.2. The van der Waals surface area contributed by atoms with Crippen LogP contribution in [0, 0.1) is 0 Å². The molecule has 12 unspecified atom stereocenters. The Bertz CT molecular complexity index is 2230. The van der Waals surface area contributed by atoms with E-state index in [1.54, 1.807) is 0 Å². The molecule has 0 aliphatic carbocycles. The Morgan fingerprint density at radius 3 is 1.20 bits per heavy atom. The van der Waals surface area contributed by atoms with Gasteiger partial charge in [-0.25, -0.2) is 9.79 Å². The van der Waals surface area contributed by atoms with E-state index in [-0.39, 0.29) is 118 Å². The van der Waals surface area contributed by atoms with Gasteiger partial charge in [0.15, 0.2) is 24.3 Å². The van der Waals surface area contributed by atoms with Gasteiger partial charge in [-0.3, -0.25) is 38.4 Å². The number of aliphatic hydroxyl groups is 3. The van der Waals surface area contributed by atoms with E-state index in [1.165, 1.54) is 0 Å². The Labute approximate surface area is 520 Å². The number of primary amides is 1. The first-order chi connectivity index (χ1) is 42.4. The van der Waals surface area contributed by atoms with Gasteiger partial charge < -0.3 is 130 Å². The summed E-state index contributed by atoms with van der Waals surface area (Å²) in [6.45, 7) is 1.99. The van der Waals surface area contributed by atoms with Gasteiger partial charge in [0.25, 0.3) is 0 Å². The molecular weight excluding hydrogens is 1160 g/mol. The number of ether oxygens (including phenoxy) is 2. The predicted octanol–water partition coefficient (Wildman–Crippen LogP) is -8.07. The Balaban J connectivity index is 1.16. The van der Waals surface area contributed by atoms with Gasteiger partial charge in [-0.05, 0) is 96.4 Å². The van der Waals surface area contributed by atoms with Crippen LogP contribution in [0.4, 0.5) is 4.79 Å².